The first-order valence-electron chi connectivity index (χ1n) is 12.1. The quantitative estimate of drug-likeness (QED) is 0.588. The molecular weight excluding hydrogens is 428 g/mol. The van der Waals surface area contributed by atoms with Crippen LogP contribution in [0.2, 0.25) is 0 Å². The van der Waals surface area contributed by atoms with Gasteiger partial charge >= 0.3 is 6.03 Å². The zero-order valence-corrected chi connectivity index (χ0v) is 19.7. The van der Waals surface area contributed by atoms with Gasteiger partial charge in [0, 0.05) is 35.6 Å². The van der Waals surface area contributed by atoms with Crippen molar-refractivity contribution in [1.82, 2.24) is 19.7 Å². The smallest absolute Gasteiger partial charge is 0.328 e. The van der Waals surface area contributed by atoms with Crippen LogP contribution in [0.4, 0.5) is 4.79 Å². The molecule has 2 aromatic carbocycles. The fraction of sp³-hybridized carbons (Fsp3) is 0.407. The van der Waals surface area contributed by atoms with Crippen LogP contribution in [0.3, 0.4) is 0 Å². The van der Waals surface area contributed by atoms with E-state index < -0.39 is 6.04 Å². The minimum absolute atomic E-state index is 0.0694. The molecule has 0 aliphatic carbocycles. The first-order valence-corrected chi connectivity index (χ1v) is 12.1. The third-order valence-electron chi connectivity index (χ3n) is 7.92. The van der Waals surface area contributed by atoms with E-state index in [1.807, 2.05) is 36.4 Å². The molecule has 3 amide bonds. The number of rotatable bonds is 5. The Kier molecular flexibility index (Phi) is 5.10. The van der Waals surface area contributed by atoms with E-state index in [0.717, 1.165) is 52.9 Å². The number of nitrogens with one attached hydrogen (secondary N) is 1. The Labute approximate surface area is 199 Å². The van der Waals surface area contributed by atoms with Gasteiger partial charge in [-0.2, -0.15) is 0 Å². The van der Waals surface area contributed by atoms with Crippen LogP contribution >= 0.6 is 0 Å². The highest BCUT2D eigenvalue weighted by Gasteiger charge is 2.52. The predicted octanol–water partition coefficient (Wildman–Crippen LogP) is 3.94. The zero-order chi connectivity index (χ0) is 23.4. The molecule has 0 saturated carbocycles. The molecule has 176 valence electrons. The van der Waals surface area contributed by atoms with Crippen molar-refractivity contribution in [3.8, 4) is 5.75 Å². The minimum atomic E-state index is -0.479. The van der Waals surface area contributed by atoms with Crippen molar-refractivity contribution in [3.63, 3.8) is 0 Å². The standard InChI is InChI=1S/C27H30N4O3/c1-29-14-5-6-18(29)13-15-30-26(32)23-16-21-20-7-3-4-8-22(20)28-24(21)25(31(23)27(30)33)17-9-11-19(34-2)12-10-17/h3-4,7-12,18,23,25,28H,5-6,13-16H2,1-2H3/t18?,23-,25-/m0/s1. The first kappa shape index (κ1) is 21.2. The predicted molar refractivity (Wildman–Crippen MR) is 130 cm³/mol. The average Bonchev–Trinajstić information content (AvgIpc) is 3.51. The van der Waals surface area contributed by atoms with E-state index in [1.165, 1.54) is 11.3 Å². The normalized spacial score (nSPS) is 24.7. The van der Waals surface area contributed by atoms with Gasteiger partial charge in [-0.15, -0.1) is 0 Å². The zero-order valence-electron chi connectivity index (χ0n) is 19.7. The molecule has 7 heteroatoms. The summed E-state index contributed by atoms with van der Waals surface area (Å²) >= 11 is 0. The number of amides is 3. The Morgan fingerprint density at radius 1 is 1.09 bits per heavy atom. The minimum Gasteiger partial charge on any atom is -0.497 e. The van der Waals surface area contributed by atoms with Gasteiger partial charge in [0.05, 0.1) is 7.11 Å². The summed E-state index contributed by atoms with van der Waals surface area (Å²) in [7, 11) is 3.77. The molecule has 3 aliphatic rings. The van der Waals surface area contributed by atoms with E-state index in [0.29, 0.717) is 19.0 Å². The Morgan fingerprint density at radius 3 is 2.62 bits per heavy atom. The Balaban J connectivity index is 1.39. The number of aromatic nitrogens is 1. The van der Waals surface area contributed by atoms with Crippen molar-refractivity contribution in [2.45, 2.75) is 43.8 Å². The second-order valence-corrected chi connectivity index (χ2v) is 9.70. The van der Waals surface area contributed by atoms with Gasteiger partial charge < -0.3 is 14.6 Å². The second-order valence-electron chi connectivity index (χ2n) is 9.70. The molecule has 0 spiro atoms. The van der Waals surface area contributed by atoms with Gasteiger partial charge in [-0.3, -0.25) is 14.6 Å². The molecule has 0 bridgehead atoms. The van der Waals surface area contributed by atoms with Gasteiger partial charge in [0.2, 0.25) is 0 Å². The number of benzene rings is 2. The number of H-pyrrole nitrogens is 1. The van der Waals surface area contributed by atoms with E-state index in [4.69, 9.17) is 4.74 Å². The molecule has 1 unspecified atom stereocenters. The highest BCUT2D eigenvalue weighted by molar-refractivity contribution is 6.05. The van der Waals surface area contributed by atoms with Gasteiger partial charge in [-0.05, 0) is 62.2 Å². The summed E-state index contributed by atoms with van der Waals surface area (Å²) < 4.78 is 5.35. The van der Waals surface area contributed by atoms with E-state index in [9.17, 15) is 9.59 Å². The summed E-state index contributed by atoms with van der Waals surface area (Å²) in [5.74, 6) is 0.694. The number of urea groups is 1. The molecule has 3 aliphatic heterocycles. The lowest BCUT2D eigenvalue weighted by Crippen LogP contribution is -2.44. The van der Waals surface area contributed by atoms with Crippen LogP contribution in [0.25, 0.3) is 10.9 Å². The lowest BCUT2D eigenvalue weighted by Gasteiger charge is -2.36. The van der Waals surface area contributed by atoms with Gasteiger partial charge in [-0.1, -0.05) is 30.3 Å². The molecule has 0 radical (unpaired) electrons. The molecule has 2 fully saturated rings. The second kappa shape index (κ2) is 8.17. The Hall–Kier alpha value is -3.32. The number of hydrogen-bond acceptors (Lipinski definition) is 4. The number of carbonyl (C=O) groups excluding carboxylic acids is 2. The number of fused-ring (bicyclic) bond motifs is 4. The number of nitrogens with zero attached hydrogens (tertiary/aromatic N) is 3. The SMILES string of the molecule is COc1ccc([C@H]2c3[nH]c4ccccc4c3C[C@H]3C(=O)N(CCC4CCCN4C)C(=O)N23)cc1. The Bertz CT molecular complexity index is 1250. The topological polar surface area (TPSA) is 68.9 Å². The van der Waals surface area contributed by atoms with Crippen LogP contribution in [0.1, 0.15) is 42.1 Å². The fourth-order valence-corrected chi connectivity index (χ4v) is 6.09. The number of carbonyl (C=O) groups is 2. The van der Waals surface area contributed by atoms with E-state index in [-0.39, 0.29) is 18.0 Å². The summed E-state index contributed by atoms with van der Waals surface area (Å²) in [4.78, 5) is 36.6. The third kappa shape index (κ3) is 3.21. The van der Waals surface area contributed by atoms with Crippen LogP contribution in [0.15, 0.2) is 48.5 Å². The molecule has 4 heterocycles. The largest absolute Gasteiger partial charge is 0.497 e. The molecule has 1 N–H and O–H groups in total. The number of para-hydroxylation sites is 1. The van der Waals surface area contributed by atoms with Gasteiger partial charge in [0.15, 0.2) is 0 Å². The van der Waals surface area contributed by atoms with Crippen molar-refractivity contribution in [1.29, 1.82) is 0 Å². The van der Waals surface area contributed by atoms with E-state index >= 15 is 0 Å². The monoisotopic (exact) mass is 458 g/mol. The van der Waals surface area contributed by atoms with E-state index in [1.54, 1.807) is 12.0 Å². The maximum absolute atomic E-state index is 13.7. The Morgan fingerprint density at radius 2 is 1.88 bits per heavy atom. The highest BCUT2D eigenvalue weighted by Crippen LogP contribution is 2.44. The summed E-state index contributed by atoms with van der Waals surface area (Å²) in [6.07, 6.45) is 3.68. The number of imide groups is 1. The van der Waals surface area contributed by atoms with Crippen molar-refractivity contribution in [2.24, 2.45) is 0 Å². The van der Waals surface area contributed by atoms with Crippen molar-refractivity contribution < 1.29 is 14.3 Å². The first-order chi connectivity index (χ1) is 16.6. The van der Waals surface area contributed by atoms with Gasteiger partial charge in [0.1, 0.15) is 17.8 Å². The molecule has 34 heavy (non-hydrogen) atoms. The number of ether oxygens (including phenoxy) is 1. The van der Waals surface area contributed by atoms with Crippen LogP contribution in [0, 0.1) is 0 Å². The lowest BCUT2D eigenvalue weighted by atomic mass is 9.89. The van der Waals surface area contributed by atoms with Crippen LogP contribution in [0.5, 0.6) is 5.75 Å². The van der Waals surface area contributed by atoms with Crippen LogP contribution in [-0.4, -0.2) is 71.0 Å². The number of hydrogen-bond donors (Lipinski definition) is 1. The van der Waals surface area contributed by atoms with Gasteiger partial charge in [0.25, 0.3) is 5.91 Å². The van der Waals surface area contributed by atoms with E-state index in [2.05, 4.69) is 29.1 Å². The third-order valence-corrected chi connectivity index (χ3v) is 7.92. The van der Waals surface area contributed by atoms with Crippen molar-refractivity contribution in [2.75, 3.05) is 27.2 Å². The molecule has 3 atom stereocenters. The summed E-state index contributed by atoms with van der Waals surface area (Å²) in [6.45, 7) is 1.56. The summed E-state index contributed by atoms with van der Waals surface area (Å²) in [6, 6.07) is 15.4. The van der Waals surface area contributed by atoms with Crippen molar-refractivity contribution in [3.05, 3.63) is 65.4 Å². The number of methoxy groups -OCH3 is 1. The molecule has 6 rings (SSSR count). The summed E-state index contributed by atoms with van der Waals surface area (Å²) in [5.41, 5.74) is 4.14. The van der Waals surface area contributed by atoms with Gasteiger partial charge in [-0.25, -0.2) is 4.79 Å². The maximum atomic E-state index is 13.7. The molecular formula is C27H30N4O3. The highest BCUT2D eigenvalue weighted by atomic mass is 16.5. The molecule has 3 aromatic rings. The fourth-order valence-electron chi connectivity index (χ4n) is 6.09. The molecule has 1 aromatic heterocycles. The molecule has 2 saturated heterocycles. The summed E-state index contributed by atoms with van der Waals surface area (Å²) in [5, 5.41) is 1.13. The number of likely N-dealkylation sites (tertiary alicyclic amines) is 1. The lowest BCUT2D eigenvalue weighted by molar-refractivity contribution is -0.128. The average molecular weight is 459 g/mol. The van der Waals surface area contributed by atoms with Crippen molar-refractivity contribution >= 4 is 22.8 Å². The molecule has 7 nitrogen and oxygen atoms in total. The van der Waals surface area contributed by atoms with Crippen LogP contribution < -0.4 is 4.74 Å². The van der Waals surface area contributed by atoms with Crippen LogP contribution in [-0.2, 0) is 11.2 Å². The maximum Gasteiger partial charge on any atom is 0.328 e. The number of aromatic amines is 1.